The highest BCUT2D eigenvalue weighted by atomic mass is 19.4. The summed E-state index contributed by atoms with van der Waals surface area (Å²) in [7, 11) is 1.59. The molecule has 0 fully saturated rings. The van der Waals surface area contributed by atoms with Gasteiger partial charge in [0.05, 0.1) is 12.2 Å². The predicted octanol–water partition coefficient (Wildman–Crippen LogP) is 4.42. The highest BCUT2D eigenvalue weighted by Gasteiger charge is 2.33. The van der Waals surface area contributed by atoms with Crippen LogP contribution in [0.15, 0.2) is 35.9 Å². The monoisotopic (exact) mass is 406 g/mol. The van der Waals surface area contributed by atoms with Crippen LogP contribution in [0.4, 0.5) is 13.2 Å². The number of alkyl halides is 3. The number of hydrogen-bond donors (Lipinski definition) is 0. The second-order valence-electron chi connectivity index (χ2n) is 6.37. The Balaban J connectivity index is 2.20. The lowest BCUT2D eigenvalue weighted by Crippen LogP contribution is -2.12. The van der Waals surface area contributed by atoms with Gasteiger partial charge in [0.15, 0.2) is 0 Å². The minimum atomic E-state index is -4.56. The molecule has 8 heteroatoms. The summed E-state index contributed by atoms with van der Waals surface area (Å²) in [4.78, 5) is 12.3. The van der Waals surface area contributed by atoms with Gasteiger partial charge in [0, 0.05) is 30.6 Å². The van der Waals surface area contributed by atoms with Crippen molar-refractivity contribution in [2.24, 2.45) is 0 Å². The number of nitriles is 1. The summed E-state index contributed by atoms with van der Waals surface area (Å²) in [6.07, 6.45) is -3.18. The molecular weight excluding hydrogens is 385 g/mol. The summed E-state index contributed by atoms with van der Waals surface area (Å²) in [5, 5.41) is 9.32. The molecule has 154 valence electrons. The van der Waals surface area contributed by atoms with E-state index in [4.69, 9.17) is 9.47 Å². The van der Waals surface area contributed by atoms with Crippen LogP contribution in [-0.4, -0.2) is 24.3 Å². The average molecular weight is 406 g/mol. The molecule has 0 aliphatic carbocycles. The number of hydrogen-bond acceptors (Lipinski definition) is 4. The Morgan fingerprint density at radius 2 is 1.97 bits per heavy atom. The van der Waals surface area contributed by atoms with Crippen LogP contribution in [0, 0.1) is 25.2 Å². The molecule has 0 aliphatic heterocycles. The average Bonchev–Trinajstić information content (AvgIpc) is 2.94. The lowest BCUT2D eigenvalue weighted by Gasteiger charge is -2.12. The van der Waals surface area contributed by atoms with Gasteiger partial charge < -0.3 is 14.0 Å². The maximum Gasteiger partial charge on any atom is 0.416 e. The fraction of sp³-hybridized carbons (Fsp3) is 0.333. The first-order chi connectivity index (χ1) is 13.7. The van der Waals surface area contributed by atoms with E-state index in [2.05, 4.69) is 0 Å². The number of carbonyl (C=O) groups excluding carboxylic acids is 1. The van der Waals surface area contributed by atoms with E-state index in [1.807, 2.05) is 24.5 Å². The van der Waals surface area contributed by atoms with Gasteiger partial charge in [0.25, 0.3) is 0 Å². The molecular formula is C21H21F3N2O3. The van der Waals surface area contributed by atoms with Crippen LogP contribution in [-0.2, 0) is 33.6 Å². The minimum Gasteiger partial charge on any atom is -0.457 e. The minimum absolute atomic E-state index is 0.177. The van der Waals surface area contributed by atoms with Gasteiger partial charge in [-0.2, -0.15) is 18.4 Å². The first-order valence-corrected chi connectivity index (χ1v) is 8.78. The van der Waals surface area contributed by atoms with Crippen molar-refractivity contribution in [2.75, 3.05) is 13.7 Å². The van der Waals surface area contributed by atoms with Crippen molar-refractivity contribution < 1.29 is 27.4 Å². The number of benzene rings is 1. The molecule has 0 unspecified atom stereocenters. The van der Waals surface area contributed by atoms with E-state index in [-0.39, 0.29) is 11.1 Å². The van der Waals surface area contributed by atoms with E-state index in [1.54, 1.807) is 13.2 Å². The number of ether oxygens (including phenoxy) is 2. The van der Waals surface area contributed by atoms with Gasteiger partial charge in [-0.25, -0.2) is 4.79 Å². The first-order valence-electron chi connectivity index (χ1n) is 8.78. The third-order valence-electron chi connectivity index (χ3n) is 4.45. The third kappa shape index (κ3) is 5.48. The van der Waals surface area contributed by atoms with Crippen molar-refractivity contribution in [1.29, 1.82) is 5.26 Å². The Morgan fingerprint density at radius 3 is 2.59 bits per heavy atom. The second-order valence-corrected chi connectivity index (χ2v) is 6.37. The van der Waals surface area contributed by atoms with Crippen LogP contribution in [0.3, 0.4) is 0 Å². The molecule has 0 saturated carbocycles. The number of methoxy groups -OCH3 is 1. The molecule has 1 heterocycles. The Kier molecular flexibility index (Phi) is 7.23. The number of esters is 1. The fourth-order valence-electron chi connectivity index (χ4n) is 2.94. The van der Waals surface area contributed by atoms with Crippen molar-refractivity contribution in [3.8, 4) is 6.07 Å². The number of halogens is 3. The van der Waals surface area contributed by atoms with Crippen LogP contribution in [0.5, 0.6) is 0 Å². The maximum atomic E-state index is 13.0. The molecule has 0 aliphatic rings. The summed E-state index contributed by atoms with van der Waals surface area (Å²) >= 11 is 0. The fourth-order valence-corrected chi connectivity index (χ4v) is 2.94. The smallest absolute Gasteiger partial charge is 0.416 e. The molecule has 0 amide bonds. The quantitative estimate of drug-likeness (QED) is 0.388. The van der Waals surface area contributed by atoms with Crippen LogP contribution in [0.25, 0.3) is 6.08 Å². The highest BCUT2D eigenvalue weighted by Crippen LogP contribution is 2.32. The molecule has 1 aromatic heterocycles. The lowest BCUT2D eigenvalue weighted by molar-refractivity contribution is -0.144. The Hall–Kier alpha value is -3.05. The zero-order valence-corrected chi connectivity index (χ0v) is 16.3. The summed E-state index contributed by atoms with van der Waals surface area (Å²) < 4.78 is 51.2. The van der Waals surface area contributed by atoms with Gasteiger partial charge in [0.1, 0.15) is 18.2 Å². The summed E-state index contributed by atoms with van der Waals surface area (Å²) in [5.41, 5.74) is 1.07. The lowest BCUT2D eigenvalue weighted by atomic mass is 10.1. The van der Waals surface area contributed by atoms with Gasteiger partial charge in [0.2, 0.25) is 0 Å². The third-order valence-corrected chi connectivity index (χ3v) is 4.45. The number of carbonyl (C=O) groups is 1. The van der Waals surface area contributed by atoms with Gasteiger partial charge >= 0.3 is 12.1 Å². The molecule has 2 rings (SSSR count). The number of rotatable bonds is 7. The van der Waals surface area contributed by atoms with Gasteiger partial charge in [-0.15, -0.1) is 0 Å². The van der Waals surface area contributed by atoms with E-state index in [1.165, 1.54) is 24.3 Å². The zero-order chi connectivity index (χ0) is 21.6. The molecule has 2 aromatic rings. The summed E-state index contributed by atoms with van der Waals surface area (Å²) in [6, 6.07) is 8.41. The van der Waals surface area contributed by atoms with Crippen LogP contribution in [0.1, 0.15) is 28.1 Å². The van der Waals surface area contributed by atoms with E-state index in [0.29, 0.717) is 18.7 Å². The largest absolute Gasteiger partial charge is 0.457 e. The number of aromatic nitrogens is 1. The number of aryl methyl sites for hydroxylation is 1. The van der Waals surface area contributed by atoms with Crippen molar-refractivity contribution in [3.05, 3.63) is 64.0 Å². The Morgan fingerprint density at radius 1 is 1.28 bits per heavy atom. The first kappa shape index (κ1) is 22.2. The number of nitrogens with zero attached hydrogens (tertiary/aromatic N) is 2. The molecule has 0 bridgehead atoms. The SMILES string of the molecule is COCCn1c(C)cc(/C=C(\C#N)C(=O)OCc2ccccc2C(F)(F)F)c1C. The van der Waals surface area contributed by atoms with Crippen LogP contribution >= 0.6 is 0 Å². The van der Waals surface area contributed by atoms with Crippen molar-refractivity contribution in [3.63, 3.8) is 0 Å². The molecule has 0 spiro atoms. The van der Waals surface area contributed by atoms with Gasteiger partial charge in [-0.05, 0) is 37.6 Å². The normalized spacial score (nSPS) is 12.0. The van der Waals surface area contributed by atoms with E-state index in [0.717, 1.165) is 17.5 Å². The Labute approximate surface area is 167 Å². The maximum absolute atomic E-state index is 13.0. The molecule has 29 heavy (non-hydrogen) atoms. The summed E-state index contributed by atoms with van der Waals surface area (Å²) in [5.74, 6) is -0.980. The highest BCUT2D eigenvalue weighted by molar-refractivity contribution is 5.98. The van der Waals surface area contributed by atoms with Crippen molar-refractivity contribution in [2.45, 2.75) is 33.2 Å². The van der Waals surface area contributed by atoms with E-state index in [9.17, 15) is 23.2 Å². The molecule has 0 saturated heterocycles. The van der Waals surface area contributed by atoms with Crippen molar-refractivity contribution in [1.82, 2.24) is 4.57 Å². The van der Waals surface area contributed by atoms with Gasteiger partial charge in [-0.3, -0.25) is 0 Å². The summed E-state index contributed by atoms with van der Waals surface area (Å²) in [6.45, 7) is 4.26. The van der Waals surface area contributed by atoms with E-state index >= 15 is 0 Å². The molecule has 0 N–H and O–H groups in total. The van der Waals surface area contributed by atoms with E-state index < -0.39 is 24.3 Å². The van der Waals surface area contributed by atoms with Gasteiger partial charge in [-0.1, -0.05) is 18.2 Å². The van der Waals surface area contributed by atoms with Crippen LogP contribution < -0.4 is 0 Å². The standard InChI is InChI=1S/C21H21F3N2O3/c1-14-10-17(15(2)26(14)8-9-28-3)11-18(12-25)20(27)29-13-16-6-4-5-7-19(16)21(22,23)24/h4-7,10-11H,8-9,13H2,1-3H3/b18-11+. The molecule has 5 nitrogen and oxygen atoms in total. The predicted molar refractivity (Wildman–Crippen MR) is 101 cm³/mol. The second kappa shape index (κ2) is 9.43. The topological polar surface area (TPSA) is 64.2 Å². The molecule has 0 atom stereocenters. The zero-order valence-electron chi connectivity index (χ0n) is 16.3. The molecule has 0 radical (unpaired) electrons. The molecule has 1 aromatic carbocycles. The Bertz CT molecular complexity index is 953. The van der Waals surface area contributed by atoms with Crippen LogP contribution in [0.2, 0.25) is 0 Å². The van der Waals surface area contributed by atoms with Crippen molar-refractivity contribution >= 4 is 12.0 Å².